The molecule has 1 aromatic carbocycles. The van der Waals surface area contributed by atoms with Gasteiger partial charge in [0.15, 0.2) is 0 Å². The molecule has 0 saturated carbocycles. The van der Waals surface area contributed by atoms with Crippen LogP contribution in [0.3, 0.4) is 0 Å². The molecule has 0 saturated heterocycles. The molecule has 0 atom stereocenters. The summed E-state index contributed by atoms with van der Waals surface area (Å²) < 4.78 is 16.6. The van der Waals surface area contributed by atoms with Gasteiger partial charge in [0.05, 0.1) is 26.5 Å². The molecule has 7 nitrogen and oxygen atoms in total. The maximum Gasteiger partial charge on any atom is 0.415 e. The SMILES string of the molecule is COc1cc(-c2cc(C)cc(N(Cc3ncc(C)c(OC)c3C)C(=O)OC(C)(C)C)c2)ccn1. The van der Waals surface area contributed by atoms with Crippen molar-refractivity contribution in [3.63, 3.8) is 0 Å². The van der Waals surface area contributed by atoms with Crippen LogP contribution in [0.1, 0.15) is 43.2 Å². The summed E-state index contributed by atoms with van der Waals surface area (Å²) in [5, 5.41) is 0. The third-order valence-electron chi connectivity index (χ3n) is 5.32. The Labute approximate surface area is 201 Å². The lowest BCUT2D eigenvalue weighted by Crippen LogP contribution is -2.37. The zero-order valence-electron chi connectivity index (χ0n) is 21.2. The highest BCUT2D eigenvalue weighted by Crippen LogP contribution is 2.31. The maximum atomic E-state index is 13.4. The first-order valence-corrected chi connectivity index (χ1v) is 11.1. The van der Waals surface area contributed by atoms with E-state index in [0.29, 0.717) is 11.6 Å². The number of carbonyl (C=O) groups excluding carboxylic acids is 1. The highest BCUT2D eigenvalue weighted by Gasteiger charge is 2.26. The number of carbonyl (C=O) groups is 1. The van der Waals surface area contributed by atoms with Gasteiger partial charge < -0.3 is 14.2 Å². The zero-order chi connectivity index (χ0) is 25.0. The molecule has 3 aromatic rings. The Hall–Kier alpha value is -3.61. The largest absolute Gasteiger partial charge is 0.496 e. The molecule has 0 fully saturated rings. The Balaban J connectivity index is 2.10. The number of aromatic nitrogens is 2. The summed E-state index contributed by atoms with van der Waals surface area (Å²) in [6.07, 6.45) is 3.02. The average Bonchev–Trinajstić information content (AvgIpc) is 2.77. The Bertz CT molecular complexity index is 1180. The van der Waals surface area contributed by atoms with E-state index in [-0.39, 0.29) is 6.54 Å². The molecule has 0 unspecified atom stereocenters. The zero-order valence-corrected chi connectivity index (χ0v) is 21.2. The molecule has 7 heteroatoms. The Kier molecular flexibility index (Phi) is 7.44. The minimum Gasteiger partial charge on any atom is -0.496 e. The van der Waals surface area contributed by atoms with Gasteiger partial charge in [-0.2, -0.15) is 0 Å². The number of pyridine rings is 2. The van der Waals surface area contributed by atoms with Crippen LogP contribution in [0.4, 0.5) is 10.5 Å². The molecule has 1 amide bonds. The normalized spacial score (nSPS) is 11.2. The second-order valence-corrected chi connectivity index (χ2v) is 9.26. The molecular formula is C27H33N3O4. The lowest BCUT2D eigenvalue weighted by atomic mass is 10.0. The first-order chi connectivity index (χ1) is 16.0. The lowest BCUT2D eigenvalue weighted by molar-refractivity contribution is 0.0577. The summed E-state index contributed by atoms with van der Waals surface area (Å²) in [5.41, 5.74) is 5.52. The third-order valence-corrected chi connectivity index (χ3v) is 5.32. The molecule has 0 spiro atoms. The number of nitrogens with zero attached hydrogens (tertiary/aromatic N) is 3. The fraction of sp³-hybridized carbons (Fsp3) is 0.370. The van der Waals surface area contributed by atoms with E-state index in [9.17, 15) is 4.79 Å². The van der Waals surface area contributed by atoms with Gasteiger partial charge in [0, 0.05) is 35.3 Å². The molecule has 34 heavy (non-hydrogen) atoms. The van der Waals surface area contributed by atoms with Crippen LogP contribution < -0.4 is 14.4 Å². The summed E-state index contributed by atoms with van der Waals surface area (Å²) in [6.45, 7) is 11.7. The van der Waals surface area contributed by atoms with Crippen LogP contribution in [-0.2, 0) is 11.3 Å². The number of rotatable bonds is 6. The van der Waals surface area contributed by atoms with Crippen molar-refractivity contribution >= 4 is 11.8 Å². The smallest absolute Gasteiger partial charge is 0.415 e. The maximum absolute atomic E-state index is 13.4. The van der Waals surface area contributed by atoms with Crippen LogP contribution in [0.15, 0.2) is 42.7 Å². The monoisotopic (exact) mass is 463 g/mol. The number of hydrogen-bond donors (Lipinski definition) is 0. The highest BCUT2D eigenvalue weighted by molar-refractivity contribution is 5.89. The lowest BCUT2D eigenvalue weighted by Gasteiger charge is -2.28. The van der Waals surface area contributed by atoms with Crippen LogP contribution in [0.5, 0.6) is 11.6 Å². The number of hydrogen-bond acceptors (Lipinski definition) is 6. The van der Waals surface area contributed by atoms with Crippen LogP contribution >= 0.6 is 0 Å². The van der Waals surface area contributed by atoms with Gasteiger partial charge in [-0.1, -0.05) is 6.07 Å². The average molecular weight is 464 g/mol. The summed E-state index contributed by atoms with van der Waals surface area (Å²) in [6, 6.07) is 9.77. The summed E-state index contributed by atoms with van der Waals surface area (Å²) in [5.74, 6) is 1.29. The number of amides is 1. The van der Waals surface area contributed by atoms with Gasteiger partial charge in [0.2, 0.25) is 5.88 Å². The van der Waals surface area contributed by atoms with Gasteiger partial charge in [-0.15, -0.1) is 0 Å². The summed E-state index contributed by atoms with van der Waals surface area (Å²) >= 11 is 0. The van der Waals surface area contributed by atoms with Crippen molar-refractivity contribution in [2.45, 2.75) is 53.7 Å². The van der Waals surface area contributed by atoms with Crippen LogP contribution in [0, 0.1) is 20.8 Å². The van der Waals surface area contributed by atoms with E-state index in [1.165, 1.54) is 0 Å². The molecule has 2 heterocycles. The van der Waals surface area contributed by atoms with Crippen molar-refractivity contribution < 1.29 is 19.0 Å². The van der Waals surface area contributed by atoms with Crippen LogP contribution in [0.2, 0.25) is 0 Å². The van der Waals surface area contributed by atoms with E-state index in [1.807, 2.05) is 65.8 Å². The molecule has 0 aliphatic carbocycles. The summed E-state index contributed by atoms with van der Waals surface area (Å²) in [7, 11) is 3.23. The van der Waals surface area contributed by atoms with E-state index < -0.39 is 11.7 Å². The molecular weight excluding hydrogens is 430 g/mol. The first-order valence-electron chi connectivity index (χ1n) is 11.1. The number of aryl methyl sites for hydroxylation is 2. The molecule has 0 radical (unpaired) electrons. The minimum atomic E-state index is -0.645. The number of anilines is 1. The number of methoxy groups -OCH3 is 2. The predicted octanol–water partition coefficient (Wildman–Crippen LogP) is 6.03. The Morgan fingerprint density at radius 1 is 0.971 bits per heavy atom. The molecule has 0 bridgehead atoms. The van der Waals surface area contributed by atoms with Crippen molar-refractivity contribution in [2.24, 2.45) is 0 Å². The summed E-state index contributed by atoms with van der Waals surface area (Å²) in [4.78, 5) is 23.8. The van der Waals surface area contributed by atoms with Gasteiger partial charge in [0.25, 0.3) is 0 Å². The Morgan fingerprint density at radius 2 is 1.71 bits per heavy atom. The van der Waals surface area contributed by atoms with Gasteiger partial charge in [0.1, 0.15) is 11.4 Å². The van der Waals surface area contributed by atoms with Crippen molar-refractivity contribution in [3.8, 4) is 22.8 Å². The molecule has 3 rings (SSSR count). The predicted molar refractivity (Wildman–Crippen MR) is 134 cm³/mol. The van der Waals surface area contributed by atoms with Crippen LogP contribution in [-0.4, -0.2) is 35.9 Å². The third kappa shape index (κ3) is 5.84. The van der Waals surface area contributed by atoms with Gasteiger partial charge >= 0.3 is 6.09 Å². The standard InChI is InChI=1S/C27H33N3O4/c1-17-11-21(20-9-10-28-24(14-20)32-7)13-22(12-17)30(26(31)34-27(4,5)6)16-23-19(3)25(33-8)18(2)15-29-23/h9-15H,16H2,1-8H3. The molecule has 0 N–H and O–H groups in total. The van der Waals surface area contributed by atoms with Crippen molar-refractivity contribution in [1.82, 2.24) is 9.97 Å². The molecule has 0 aliphatic rings. The van der Waals surface area contributed by atoms with Crippen molar-refractivity contribution in [2.75, 3.05) is 19.1 Å². The van der Waals surface area contributed by atoms with E-state index in [0.717, 1.165) is 39.3 Å². The second kappa shape index (κ2) is 10.1. The number of benzene rings is 1. The van der Waals surface area contributed by atoms with Crippen molar-refractivity contribution in [3.05, 3.63) is 65.1 Å². The second-order valence-electron chi connectivity index (χ2n) is 9.26. The van der Waals surface area contributed by atoms with Gasteiger partial charge in [-0.05, 0) is 76.4 Å². The van der Waals surface area contributed by atoms with E-state index in [1.54, 1.807) is 31.5 Å². The topological polar surface area (TPSA) is 73.8 Å². The van der Waals surface area contributed by atoms with E-state index >= 15 is 0 Å². The molecule has 180 valence electrons. The highest BCUT2D eigenvalue weighted by atomic mass is 16.6. The number of ether oxygens (including phenoxy) is 3. The Morgan fingerprint density at radius 3 is 2.35 bits per heavy atom. The van der Waals surface area contributed by atoms with Crippen LogP contribution in [0.25, 0.3) is 11.1 Å². The van der Waals surface area contributed by atoms with Gasteiger partial charge in [-0.3, -0.25) is 9.88 Å². The fourth-order valence-electron chi connectivity index (χ4n) is 3.74. The van der Waals surface area contributed by atoms with Gasteiger partial charge in [-0.25, -0.2) is 9.78 Å². The van der Waals surface area contributed by atoms with E-state index in [2.05, 4.69) is 16.0 Å². The van der Waals surface area contributed by atoms with Crippen molar-refractivity contribution in [1.29, 1.82) is 0 Å². The minimum absolute atomic E-state index is 0.236. The van der Waals surface area contributed by atoms with E-state index in [4.69, 9.17) is 14.2 Å². The fourth-order valence-corrected chi connectivity index (χ4v) is 3.74. The first kappa shape index (κ1) is 25.0. The molecule has 0 aliphatic heterocycles. The molecule has 2 aromatic heterocycles. The quantitative estimate of drug-likeness (QED) is 0.444.